The molecule has 0 atom stereocenters. The van der Waals surface area contributed by atoms with Gasteiger partial charge in [-0.15, -0.1) is 11.3 Å². The van der Waals surface area contributed by atoms with E-state index in [2.05, 4.69) is 26.2 Å². The first-order valence-corrected chi connectivity index (χ1v) is 8.20. The van der Waals surface area contributed by atoms with Crippen molar-refractivity contribution in [1.82, 2.24) is 10.3 Å². The van der Waals surface area contributed by atoms with Crippen molar-refractivity contribution in [2.45, 2.75) is 6.54 Å². The van der Waals surface area contributed by atoms with E-state index in [-0.39, 0.29) is 5.91 Å². The highest BCUT2D eigenvalue weighted by atomic mass is 79.9. The summed E-state index contributed by atoms with van der Waals surface area (Å²) in [4.78, 5) is 16.6. The molecule has 21 heavy (non-hydrogen) atoms. The fraction of sp³-hybridized carbons (Fsp3) is 0.0667. The lowest BCUT2D eigenvalue weighted by molar-refractivity contribution is 0.0951. The number of carbonyl (C=O) groups excluding carboxylic acids is 1. The van der Waals surface area contributed by atoms with Gasteiger partial charge < -0.3 is 5.32 Å². The van der Waals surface area contributed by atoms with E-state index in [1.54, 1.807) is 29.5 Å². The summed E-state index contributed by atoms with van der Waals surface area (Å²) >= 11 is 11.0. The van der Waals surface area contributed by atoms with Crippen molar-refractivity contribution in [2.24, 2.45) is 0 Å². The third-order valence-electron chi connectivity index (χ3n) is 2.91. The Balaban J connectivity index is 1.74. The summed E-state index contributed by atoms with van der Waals surface area (Å²) in [6.45, 7) is 0.390. The van der Waals surface area contributed by atoms with Crippen LogP contribution in [0.2, 0.25) is 5.02 Å². The first kappa shape index (κ1) is 14.5. The van der Waals surface area contributed by atoms with Crippen LogP contribution < -0.4 is 5.32 Å². The highest BCUT2D eigenvalue weighted by Gasteiger charge is 2.11. The molecule has 0 aliphatic rings. The van der Waals surface area contributed by atoms with E-state index in [0.717, 1.165) is 19.7 Å². The number of nitrogens with one attached hydrogen (secondary N) is 1. The van der Waals surface area contributed by atoms with Crippen LogP contribution in [0.15, 0.2) is 46.9 Å². The van der Waals surface area contributed by atoms with E-state index in [9.17, 15) is 4.79 Å². The van der Waals surface area contributed by atoms with Crippen molar-refractivity contribution in [3.63, 3.8) is 0 Å². The van der Waals surface area contributed by atoms with Gasteiger partial charge in [0.05, 0.1) is 27.3 Å². The molecule has 0 spiro atoms. The first-order valence-electron chi connectivity index (χ1n) is 6.21. The number of carbonyl (C=O) groups is 1. The number of aromatic nitrogens is 1. The fourth-order valence-electron chi connectivity index (χ4n) is 1.92. The smallest absolute Gasteiger partial charge is 0.253 e. The summed E-state index contributed by atoms with van der Waals surface area (Å²) in [5, 5.41) is 4.15. The minimum Gasteiger partial charge on any atom is -0.345 e. The number of rotatable bonds is 3. The van der Waals surface area contributed by atoms with Crippen LogP contribution in [-0.2, 0) is 6.54 Å². The fourth-order valence-corrected chi connectivity index (χ4v) is 3.39. The van der Waals surface area contributed by atoms with Crippen molar-refractivity contribution >= 4 is 55.0 Å². The summed E-state index contributed by atoms with van der Waals surface area (Å²) in [7, 11) is 0. The quantitative estimate of drug-likeness (QED) is 0.718. The van der Waals surface area contributed by atoms with E-state index in [0.29, 0.717) is 17.1 Å². The Morgan fingerprint density at radius 1 is 1.29 bits per heavy atom. The van der Waals surface area contributed by atoms with Gasteiger partial charge >= 0.3 is 0 Å². The van der Waals surface area contributed by atoms with E-state index in [4.69, 9.17) is 11.6 Å². The molecule has 3 aromatic rings. The standard InChI is InChI=1S/C15H10BrClN2OS/c16-9-5-6-11(17)10(7-9)15(20)18-8-14-19-12-3-1-2-4-13(12)21-14/h1-7H,8H2,(H,18,20). The third kappa shape index (κ3) is 3.26. The Kier molecular flexibility index (Phi) is 4.24. The van der Waals surface area contributed by atoms with Crippen LogP contribution in [-0.4, -0.2) is 10.9 Å². The molecule has 6 heteroatoms. The van der Waals surface area contributed by atoms with Gasteiger partial charge in [0.1, 0.15) is 5.01 Å². The second-order valence-electron chi connectivity index (χ2n) is 4.38. The third-order valence-corrected chi connectivity index (χ3v) is 4.77. The number of benzene rings is 2. The largest absolute Gasteiger partial charge is 0.345 e. The van der Waals surface area contributed by atoms with Gasteiger partial charge in [0.15, 0.2) is 0 Å². The molecule has 0 aliphatic carbocycles. The van der Waals surface area contributed by atoms with E-state index >= 15 is 0 Å². The molecule has 2 aromatic carbocycles. The first-order chi connectivity index (χ1) is 10.1. The maximum Gasteiger partial charge on any atom is 0.253 e. The Morgan fingerprint density at radius 3 is 2.90 bits per heavy atom. The maximum absolute atomic E-state index is 12.2. The van der Waals surface area contributed by atoms with Crippen molar-refractivity contribution in [1.29, 1.82) is 0 Å². The average molecular weight is 382 g/mol. The molecule has 3 nitrogen and oxygen atoms in total. The summed E-state index contributed by atoms with van der Waals surface area (Å²) in [6.07, 6.45) is 0. The van der Waals surface area contributed by atoms with Crippen molar-refractivity contribution in [3.8, 4) is 0 Å². The summed E-state index contributed by atoms with van der Waals surface area (Å²) in [6, 6.07) is 13.1. The van der Waals surface area contributed by atoms with Crippen LogP contribution in [0, 0.1) is 0 Å². The normalized spacial score (nSPS) is 10.8. The van der Waals surface area contributed by atoms with Gasteiger partial charge in [-0.25, -0.2) is 4.98 Å². The topological polar surface area (TPSA) is 42.0 Å². The molecule has 0 saturated heterocycles. The summed E-state index contributed by atoms with van der Waals surface area (Å²) < 4.78 is 1.93. The lowest BCUT2D eigenvalue weighted by Gasteiger charge is -2.05. The van der Waals surface area contributed by atoms with Crippen LogP contribution in [0.5, 0.6) is 0 Å². The van der Waals surface area contributed by atoms with Crippen molar-refractivity contribution in [2.75, 3.05) is 0 Å². The molecule has 0 unspecified atom stereocenters. The number of hydrogen-bond donors (Lipinski definition) is 1. The Morgan fingerprint density at radius 2 is 2.10 bits per heavy atom. The number of para-hydroxylation sites is 1. The number of halogens is 2. The molecule has 0 bridgehead atoms. The molecule has 106 valence electrons. The highest BCUT2D eigenvalue weighted by molar-refractivity contribution is 9.10. The van der Waals surface area contributed by atoms with Gasteiger partial charge in [0.25, 0.3) is 5.91 Å². The summed E-state index contributed by atoms with van der Waals surface area (Å²) in [5.41, 5.74) is 1.40. The Labute approximate surface area is 139 Å². The molecule has 0 fully saturated rings. The Hall–Kier alpha value is -1.43. The minimum atomic E-state index is -0.208. The zero-order valence-corrected chi connectivity index (χ0v) is 13.9. The van der Waals surface area contributed by atoms with Gasteiger partial charge in [-0.3, -0.25) is 4.79 Å². The Bertz CT molecular complexity index is 785. The van der Waals surface area contributed by atoms with Crippen molar-refractivity contribution in [3.05, 3.63) is 62.5 Å². The van der Waals surface area contributed by atoms with Gasteiger partial charge in [-0.1, -0.05) is 39.7 Å². The molecule has 1 heterocycles. The number of hydrogen-bond acceptors (Lipinski definition) is 3. The second-order valence-corrected chi connectivity index (χ2v) is 6.82. The zero-order chi connectivity index (χ0) is 14.8. The molecule has 0 aliphatic heterocycles. The number of thiazole rings is 1. The zero-order valence-electron chi connectivity index (χ0n) is 10.8. The molecule has 1 aromatic heterocycles. The highest BCUT2D eigenvalue weighted by Crippen LogP contribution is 2.23. The predicted octanol–water partition coefficient (Wildman–Crippen LogP) is 4.64. The van der Waals surface area contributed by atoms with Gasteiger partial charge in [0.2, 0.25) is 0 Å². The molecule has 3 rings (SSSR count). The van der Waals surface area contributed by atoms with Crippen LogP contribution in [0.4, 0.5) is 0 Å². The van der Waals surface area contributed by atoms with Gasteiger partial charge in [-0.05, 0) is 30.3 Å². The lowest BCUT2D eigenvalue weighted by atomic mass is 10.2. The molecule has 0 saturated carbocycles. The SMILES string of the molecule is O=C(NCc1nc2ccccc2s1)c1cc(Br)ccc1Cl. The molecule has 1 amide bonds. The second kappa shape index (κ2) is 6.13. The van der Waals surface area contributed by atoms with Crippen LogP contribution in [0.3, 0.4) is 0 Å². The average Bonchev–Trinajstić information content (AvgIpc) is 2.90. The van der Waals surface area contributed by atoms with Crippen molar-refractivity contribution < 1.29 is 4.79 Å². The number of nitrogens with zero attached hydrogens (tertiary/aromatic N) is 1. The van der Waals surface area contributed by atoms with Crippen LogP contribution in [0.1, 0.15) is 15.4 Å². The van der Waals surface area contributed by atoms with E-state index in [1.165, 1.54) is 0 Å². The van der Waals surface area contributed by atoms with Gasteiger partial charge in [0, 0.05) is 4.47 Å². The monoisotopic (exact) mass is 380 g/mol. The number of amides is 1. The predicted molar refractivity (Wildman–Crippen MR) is 89.9 cm³/mol. The minimum absolute atomic E-state index is 0.208. The van der Waals surface area contributed by atoms with E-state index < -0.39 is 0 Å². The van der Waals surface area contributed by atoms with Crippen LogP contribution >= 0.6 is 38.9 Å². The van der Waals surface area contributed by atoms with Gasteiger partial charge in [-0.2, -0.15) is 0 Å². The molecule has 0 radical (unpaired) electrons. The van der Waals surface area contributed by atoms with Crippen LogP contribution in [0.25, 0.3) is 10.2 Å². The maximum atomic E-state index is 12.2. The van der Waals surface area contributed by atoms with E-state index in [1.807, 2.05) is 24.3 Å². The molecule has 1 N–H and O–H groups in total. The molecular formula is C15H10BrClN2OS. The molecular weight excluding hydrogens is 372 g/mol. The number of fused-ring (bicyclic) bond motifs is 1. The summed E-state index contributed by atoms with van der Waals surface area (Å²) in [5.74, 6) is -0.208. The lowest BCUT2D eigenvalue weighted by Crippen LogP contribution is -2.23.